The Morgan fingerprint density at radius 1 is 1.30 bits per heavy atom. The van der Waals surface area contributed by atoms with Gasteiger partial charge in [-0.1, -0.05) is 49.5 Å². The Balaban J connectivity index is 1.65. The van der Waals surface area contributed by atoms with Gasteiger partial charge in [-0.15, -0.1) is 0 Å². The summed E-state index contributed by atoms with van der Waals surface area (Å²) in [6, 6.07) is 2.91. The fraction of sp³-hybridized carbons (Fsp3) is 0.864. The highest BCUT2D eigenvalue weighted by molar-refractivity contribution is 6.66. The number of aliphatic hydroxyl groups is 1. The van der Waals surface area contributed by atoms with Gasteiger partial charge in [-0.25, -0.2) is 0 Å². The van der Waals surface area contributed by atoms with E-state index in [1.165, 1.54) is 44.2 Å². The molecular formula is C22H38O3Si2. The minimum atomic E-state index is -0.962. The molecule has 27 heavy (non-hydrogen) atoms. The van der Waals surface area contributed by atoms with Crippen molar-refractivity contribution in [3.8, 4) is 0 Å². The lowest BCUT2D eigenvalue weighted by molar-refractivity contribution is -0.127. The minimum Gasteiger partial charge on any atom is -0.389 e. The topological polar surface area (TPSA) is 46.5 Å². The molecule has 4 rings (SSSR count). The van der Waals surface area contributed by atoms with E-state index in [0.29, 0.717) is 22.8 Å². The number of aliphatic hydroxyl groups excluding tert-OH is 1. The summed E-state index contributed by atoms with van der Waals surface area (Å²) in [5.74, 6) is 0.653. The number of fused-ring (bicyclic) bond motifs is 7. The van der Waals surface area contributed by atoms with Crippen LogP contribution in [0.2, 0.25) is 28.2 Å². The molecule has 1 aliphatic carbocycles. The molecule has 152 valence electrons. The van der Waals surface area contributed by atoms with Crippen LogP contribution in [0.15, 0.2) is 11.6 Å². The van der Waals surface area contributed by atoms with Gasteiger partial charge in [-0.05, 0) is 54.5 Å². The molecule has 0 aromatic carbocycles. The van der Waals surface area contributed by atoms with Gasteiger partial charge in [0.1, 0.15) is 6.61 Å². The maximum atomic E-state index is 12.9. The maximum Gasteiger partial charge on any atom is 0.161 e. The molecule has 3 aliphatic heterocycles. The number of hydrogen-bond donors (Lipinski definition) is 1. The Kier molecular flexibility index (Phi) is 5.60. The standard InChI is InChI=1S/C22H38O3Si2/c1-21-9-6-16(23)12-15(21)4-5-17-14-26-20(21)7-10-22(2)18(8-11-27(17)22)19(24)13-25-3/h12,16-18,20,23,27H,4-11,13-14,26H2,1-3H3/t16?,17-,18+,20+,21-,22+,27-/m0/s1. The number of ether oxygens (including phenoxy) is 1. The smallest absolute Gasteiger partial charge is 0.161 e. The van der Waals surface area contributed by atoms with Crippen LogP contribution in [0.5, 0.6) is 0 Å². The summed E-state index contributed by atoms with van der Waals surface area (Å²) in [4.78, 5) is 12.9. The first-order valence-electron chi connectivity index (χ1n) is 11.3. The normalized spacial score (nSPS) is 48.0. The number of allylic oxidation sites excluding steroid dienone is 1. The SMILES string of the molecule is COCC(=O)[C@H]1CC[Si@H]2[C@H]3CCC4=CC(O)CC[C@]4(C)[C@@H](CC[C@]12C)[SiH2]C3. The second-order valence-corrected chi connectivity index (χ2v) is 16.7. The van der Waals surface area contributed by atoms with Crippen molar-refractivity contribution in [3.05, 3.63) is 11.6 Å². The molecule has 1 N–H and O–H groups in total. The van der Waals surface area contributed by atoms with Crippen LogP contribution in [0, 0.1) is 11.3 Å². The van der Waals surface area contributed by atoms with E-state index < -0.39 is 8.80 Å². The van der Waals surface area contributed by atoms with Crippen LogP contribution in [0.4, 0.5) is 0 Å². The van der Waals surface area contributed by atoms with E-state index in [-0.39, 0.29) is 21.5 Å². The molecule has 5 heteroatoms. The lowest BCUT2D eigenvalue weighted by Gasteiger charge is -2.51. The third-order valence-electron chi connectivity index (χ3n) is 9.34. The highest BCUT2D eigenvalue weighted by Gasteiger charge is 2.55. The zero-order chi connectivity index (χ0) is 19.2. The first-order valence-corrected chi connectivity index (χ1v) is 15.2. The van der Waals surface area contributed by atoms with Gasteiger partial charge in [0.25, 0.3) is 0 Å². The predicted molar refractivity (Wildman–Crippen MR) is 116 cm³/mol. The minimum absolute atomic E-state index is 0.0862. The second kappa shape index (κ2) is 7.54. The van der Waals surface area contributed by atoms with Crippen LogP contribution in [-0.4, -0.2) is 49.0 Å². The highest BCUT2D eigenvalue weighted by atomic mass is 28.3. The van der Waals surface area contributed by atoms with Gasteiger partial charge in [-0.2, -0.15) is 0 Å². The molecule has 7 atom stereocenters. The van der Waals surface area contributed by atoms with Crippen molar-refractivity contribution in [1.82, 2.24) is 0 Å². The van der Waals surface area contributed by atoms with Gasteiger partial charge >= 0.3 is 0 Å². The van der Waals surface area contributed by atoms with Crippen molar-refractivity contribution in [3.63, 3.8) is 0 Å². The van der Waals surface area contributed by atoms with Gasteiger partial charge in [0.05, 0.1) is 6.10 Å². The fourth-order valence-corrected chi connectivity index (χ4v) is 17.5. The molecule has 1 unspecified atom stereocenters. The van der Waals surface area contributed by atoms with E-state index in [9.17, 15) is 9.90 Å². The van der Waals surface area contributed by atoms with Crippen LogP contribution in [-0.2, 0) is 9.53 Å². The monoisotopic (exact) mass is 406 g/mol. The van der Waals surface area contributed by atoms with Gasteiger partial charge in [0.2, 0.25) is 0 Å². The number of ketones is 1. The zero-order valence-electron chi connectivity index (χ0n) is 17.5. The molecule has 3 fully saturated rings. The molecule has 0 aromatic heterocycles. The summed E-state index contributed by atoms with van der Waals surface area (Å²) in [6.45, 7) is 5.34. The van der Waals surface area contributed by atoms with E-state index in [0.717, 1.165) is 23.9 Å². The Bertz CT molecular complexity index is 621. The Morgan fingerprint density at radius 2 is 2.11 bits per heavy atom. The summed E-state index contributed by atoms with van der Waals surface area (Å²) in [5, 5.41) is 10.6. The number of Topliss-reactive ketones (excluding diaryl/α,β-unsaturated/α-hetero) is 1. The molecule has 3 heterocycles. The van der Waals surface area contributed by atoms with Crippen molar-refractivity contribution < 1.29 is 14.6 Å². The van der Waals surface area contributed by atoms with Gasteiger partial charge in [0.15, 0.2) is 5.78 Å². The molecule has 0 radical (unpaired) electrons. The molecule has 0 aromatic rings. The Labute approximate surface area is 168 Å². The predicted octanol–water partition coefficient (Wildman–Crippen LogP) is 3.63. The average molecular weight is 407 g/mol. The number of carbonyl (C=O) groups is 1. The van der Waals surface area contributed by atoms with E-state index in [1.54, 1.807) is 12.7 Å². The third kappa shape index (κ3) is 3.36. The van der Waals surface area contributed by atoms with Crippen LogP contribution < -0.4 is 0 Å². The molecule has 3 saturated heterocycles. The van der Waals surface area contributed by atoms with Gasteiger partial charge in [-0.3, -0.25) is 4.79 Å². The summed E-state index contributed by atoms with van der Waals surface area (Å²) in [5.41, 5.74) is 3.75. The maximum absolute atomic E-state index is 12.9. The first-order chi connectivity index (χ1) is 12.9. The zero-order valence-corrected chi connectivity index (χ0v) is 20.1. The summed E-state index contributed by atoms with van der Waals surface area (Å²) in [7, 11) is 0.616. The number of methoxy groups -OCH3 is 1. The van der Waals surface area contributed by atoms with Crippen molar-refractivity contribution in [2.75, 3.05) is 13.7 Å². The molecular weight excluding hydrogens is 368 g/mol. The molecule has 0 amide bonds. The molecule has 4 aliphatic rings. The summed E-state index contributed by atoms with van der Waals surface area (Å²) >= 11 is 0. The fourth-order valence-electron chi connectivity index (χ4n) is 7.69. The lowest BCUT2D eigenvalue weighted by Crippen LogP contribution is -2.43. The average Bonchev–Trinajstić information content (AvgIpc) is 2.94. The first kappa shape index (κ1) is 20.1. The van der Waals surface area contributed by atoms with E-state index >= 15 is 0 Å². The van der Waals surface area contributed by atoms with Gasteiger partial charge < -0.3 is 9.84 Å². The Morgan fingerprint density at radius 3 is 2.89 bits per heavy atom. The van der Waals surface area contributed by atoms with Crippen molar-refractivity contribution in [2.45, 2.75) is 93.1 Å². The van der Waals surface area contributed by atoms with Crippen molar-refractivity contribution in [2.24, 2.45) is 11.3 Å². The lowest BCUT2D eigenvalue weighted by atomic mass is 9.67. The number of hydrogen-bond acceptors (Lipinski definition) is 3. The van der Waals surface area contributed by atoms with E-state index in [2.05, 4.69) is 19.9 Å². The van der Waals surface area contributed by atoms with Gasteiger partial charge in [0, 0.05) is 31.3 Å². The van der Waals surface area contributed by atoms with Crippen LogP contribution in [0.1, 0.15) is 58.8 Å². The second-order valence-electron chi connectivity index (χ2n) is 10.5. The number of carbonyl (C=O) groups excluding carboxylic acids is 1. The van der Waals surface area contributed by atoms with Crippen LogP contribution in [0.25, 0.3) is 0 Å². The van der Waals surface area contributed by atoms with E-state index in [4.69, 9.17) is 4.74 Å². The molecule has 3 nitrogen and oxygen atoms in total. The quantitative estimate of drug-likeness (QED) is 0.575. The summed E-state index contributed by atoms with van der Waals surface area (Å²) < 4.78 is 5.24. The van der Waals surface area contributed by atoms with Crippen LogP contribution in [0.3, 0.4) is 0 Å². The summed E-state index contributed by atoms with van der Waals surface area (Å²) in [6.07, 6.45) is 10.4. The molecule has 2 bridgehead atoms. The third-order valence-corrected chi connectivity index (χ3v) is 18.2. The van der Waals surface area contributed by atoms with Crippen LogP contribution >= 0.6 is 0 Å². The number of rotatable bonds is 3. The largest absolute Gasteiger partial charge is 0.389 e. The van der Waals surface area contributed by atoms with Crippen molar-refractivity contribution >= 4 is 24.1 Å². The Hall–Kier alpha value is -0.236. The highest BCUT2D eigenvalue weighted by Crippen LogP contribution is 2.63. The molecule has 0 spiro atoms. The van der Waals surface area contributed by atoms with E-state index in [1.807, 2.05) is 0 Å². The van der Waals surface area contributed by atoms with Crippen molar-refractivity contribution in [1.29, 1.82) is 0 Å². The molecule has 0 saturated carbocycles.